The van der Waals surface area contributed by atoms with Crippen LogP contribution >= 0.6 is 0 Å². The number of benzene rings is 3. The molecule has 1 aromatic heterocycles. The predicted molar refractivity (Wildman–Crippen MR) is 138 cm³/mol. The molecule has 2 atom stereocenters. The van der Waals surface area contributed by atoms with Crippen LogP contribution in [-0.4, -0.2) is 29.2 Å². The summed E-state index contributed by atoms with van der Waals surface area (Å²) in [7, 11) is 0. The van der Waals surface area contributed by atoms with E-state index in [2.05, 4.69) is 11.1 Å². The molecule has 9 heteroatoms. The number of nitriles is 2. The highest BCUT2D eigenvalue weighted by atomic mass is 19.2. The summed E-state index contributed by atoms with van der Waals surface area (Å²) in [6.07, 6.45) is 2.16. The van der Waals surface area contributed by atoms with Gasteiger partial charge in [0.2, 0.25) is 0 Å². The van der Waals surface area contributed by atoms with Crippen LogP contribution in [0.25, 0.3) is 33.2 Å². The molecular weight excluding hydrogens is 491 g/mol. The average molecular weight is 514 g/mol. The van der Waals surface area contributed by atoms with E-state index in [1.165, 1.54) is 18.2 Å². The van der Waals surface area contributed by atoms with Gasteiger partial charge in [-0.25, -0.2) is 13.2 Å². The van der Waals surface area contributed by atoms with Crippen LogP contribution in [0.3, 0.4) is 0 Å². The van der Waals surface area contributed by atoms with Crippen LogP contribution in [0.15, 0.2) is 48.7 Å². The molecule has 0 bridgehead atoms. The number of phenolic OH excluding ortho intramolecular Hbond substituents is 1. The first-order chi connectivity index (χ1) is 18.2. The van der Waals surface area contributed by atoms with E-state index < -0.39 is 40.2 Å². The highest BCUT2D eigenvalue weighted by molar-refractivity contribution is 6.02. The Hall–Kier alpha value is -4.60. The summed E-state index contributed by atoms with van der Waals surface area (Å²) >= 11 is 0. The van der Waals surface area contributed by atoms with Gasteiger partial charge < -0.3 is 15.7 Å². The van der Waals surface area contributed by atoms with Gasteiger partial charge in [-0.15, -0.1) is 0 Å². The van der Waals surface area contributed by atoms with Gasteiger partial charge in [0.25, 0.3) is 0 Å². The summed E-state index contributed by atoms with van der Waals surface area (Å²) in [5, 5.41) is 30.1. The third-order valence-electron chi connectivity index (χ3n) is 6.94. The molecule has 190 valence electrons. The number of hydrogen-bond donors (Lipinski definition) is 2. The molecule has 1 saturated heterocycles. The Morgan fingerprint density at radius 3 is 2.58 bits per heavy atom. The largest absolute Gasteiger partial charge is 0.506 e. The number of aromatic hydroxyl groups is 1. The summed E-state index contributed by atoms with van der Waals surface area (Å²) in [4.78, 5) is 6.51. The molecule has 38 heavy (non-hydrogen) atoms. The van der Waals surface area contributed by atoms with Crippen molar-refractivity contribution in [3.05, 3.63) is 77.2 Å². The lowest BCUT2D eigenvalue weighted by molar-refractivity contribution is 0.425. The number of rotatable bonds is 3. The van der Waals surface area contributed by atoms with Gasteiger partial charge in [-0.05, 0) is 60.4 Å². The fourth-order valence-corrected chi connectivity index (χ4v) is 5.05. The number of piperidine rings is 1. The first kappa shape index (κ1) is 25.1. The maximum atomic E-state index is 14.9. The summed E-state index contributed by atoms with van der Waals surface area (Å²) in [6.45, 7) is 2.58. The molecule has 0 saturated carbocycles. The second-order valence-corrected chi connectivity index (χ2v) is 9.46. The van der Waals surface area contributed by atoms with Gasteiger partial charge in [-0.2, -0.15) is 10.5 Å². The second kappa shape index (κ2) is 9.70. The number of phenols is 1. The summed E-state index contributed by atoms with van der Waals surface area (Å²) in [5.41, 5.74) is 8.44. The summed E-state index contributed by atoms with van der Waals surface area (Å²) < 4.78 is 43.7. The quantitative estimate of drug-likeness (QED) is 0.372. The number of nitrogens with zero attached hydrogens (tertiary/aromatic N) is 4. The van der Waals surface area contributed by atoms with Crippen molar-refractivity contribution in [2.24, 2.45) is 11.7 Å². The van der Waals surface area contributed by atoms with Crippen LogP contribution in [-0.2, 0) is 0 Å². The molecule has 0 aliphatic carbocycles. The Morgan fingerprint density at radius 1 is 1.08 bits per heavy atom. The van der Waals surface area contributed by atoms with Gasteiger partial charge >= 0.3 is 0 Å². The van der Waals surface area contributed by atoms with Crippen LogP contribution in [0.5, 0.6) is 5.75 Å². The van der Waals surface area contributed by atoms with Crippen molar-refractivity contribution < 1.29 is 18.3 Å². The summed E-state index contributed by atoms with van der Waals surface area (Å²) in [6, 6.07) is 13.5. The van der Waals surface area contributed by atoms with Gasteiger partial charge in [-0.1, -0.05) is 12.1 Å². The number of aryl methyl sites for hydroxylation is 1. The smallest absolute Gasteiger partial charge is 0.170 e. The number of nitrogens with two attached hydrogens (primary N) is 1. The highest BCUT2D eigenvalue weighted by Crippen LogP contribution is 2.42. The Morgan fingerprint density at radius 2 is 1.87 bits per heavy atom. The van der Waals surface area contributed by atoms with Crippen molar-refractivity contribution in [1.82, 2.24) is 4.98 Å². The normalized spacial score (nSPS) is 17.3. The molecule has 1 fully saturated rings. The molecule has 3 aromatic carbocycles. The van der Waals surface area contributed by atoms with Crippen molar-refractivity contribution in [3.8, 4) is 40.1 Å². The zero-order valence-corrected chi connectivity index (χ0v) is 20.3. The molecule has 0 radical (unpaired) electrons. The van der Waals surface area contributed by atoms with Crippen molar-refractivity contribution in [2.75, 3.05) is 18.0 Å². The van der Waals surface area contributed by atoms with E-state index >= 15 is 0 Å². The first-order valence-corrected chi connectivity index (χ1v) is 11.9. The minimum Gasteiger partial charge on any atom is -0.506 e. The molecule has 2 unspecified atom stereocenters. The Kier molecular flexibility index (Phi) is 6.40. The zero-order valence-electron chi connectivity index (χ0n) is 20.3. The van der Waals surface area contributed by atoms with E-state index in [1.54, 1.807) is 31.3 Å². The van der Waals surface area contributed by atoms with Crippen LogP contribution in [0.1, 0.15) is 17.5 Å². The lowest BCUT2D eigenvalue weighted by Crippen LogP contribution is -2.46. The SMILES string of the molecule is Cc1cc(F)cc(-c2cnc3ccc(-c4c(O)c(C#N)cc(F)c4F)cc3c2N2CCC(N)C(C#N)C2)c1. The fraction of sp³-hybridized carbons (Fsp3) is 0.207. The molecular formula is C29H22F3N5O. The van der Waals surface area contributed by atoms with E-state index in [0.717, 1.165) is 0 Å². The lowest BCUT2D eigenvalue weighted by atomic mass is 9.91. The molecule has 0 amide bonds. The minimum absolute atomic E-state index is 0.129. The zero-order chi connectivity index (χ0) is 27.1. The fourth-order valence-electron chi connectivity index (χ4n) is 5.05. The molecule has 4 aromatic rings. The van der Waals surface area contributed by atoms with E-state index in [9.17, 15) is 28.8 Å². The molecule has 5 rings (SSSR count). The molecule has 1 aliphatic heterocycles. The van der Waals surface area contributed by atoms with Crippen LogP contribution in [0.4, 0.5) is 18.9 Å². The van der Waals surface area contributed by atoms with E-state index in [1.807, 2.05) is 11.0 Å². The van der Waals surface area contributed by atoms with Crippen LogP contribution in [0, 0.1) is 53.0 Å². The second-order valence-electron chi connectivity index (χ2n) is 9.46. The van der Waals surface area contributed by atoms with Gasteiger partial charge in [0.1, 0.15) is 17.6 Å². The van der Waals surface area contributed by atoms with Gasteiger partial charge in [-0.3, -0.25) is 4.98 Å². The third kappa shape index (κ3) is 4.27. The highest BCUT2D eigenvalue weighted by Gasteiger charge is 2.30. The maximum Gasteiger partial charge on any atom is 0.170 e. The van der Waals surface area contributed by atoms with Crippen molar-refractivity contribution in [1.29, 1.82) is 10.5 Å². The van der Waals surface area contributed by atoms with Gasteiger partial charge in [0, 0.05) is 36.3 Å². The van der Waals surface area contributed by atoms with Crippen LogP contribution < -0.4 is 10.6 Å². The third-order valence-corrected chi connectivity index (χ3v) is 6.94. The first-order valence-electron chi connectivity index (χ1n) is 11.9. The number of halogens is 3. The molecule has 6 nitrogen and oxygen atoms in total. The Bertz CT molecular complexity index is 1650. The number of hydrogen-bond acceptors (Lipinski definition) is 6. The monoisotopic (exact) mass is 513 g/mol. The average Bonchev–Trinajstić information content (AvgIpc) is 2.90. The molecule has 1 aliphatic rings. The molecule has 2 heterocycles. The van der Waals surface area contributed by atoms with Crippen LogP contribution in [0.2, 0.25) is 0 Å². The van der Waals surface area contributed by atoms with Crippen molar-refractivity contribution >= 4 is 16.6 Å². The predicted octanol–water partition coefficient (Wildman–Crippen LogP) is 5.55. The Labute approximate surface area is 217 Å². The molecule has 0 spiro atoms. The number of fused-ring (bicyclic) bond motifs is 1. The minimum atomic E-state index is -1.29. The standard InChI is InChI=1S/C29H22F3N5O/c1-15-6-17(8-20(30)7-15)22-13-36-25-3-2-16(26-27(32)23(31)10-18(11-33)29(26)38)9-21(25)28(22)37-5-4-24(35)19(12-34)14-37/h2-3,6-10,13,19,24,38H,4-5,14,35H2,1H3. The number of aromatic nitrogens is 1. The molecule has 3 N–H and O–H groups in total. The number of pyridine rings is 1. The summed E-state index contributed by atoms with van der Waals surface area (Å²) in [5.74, 6) is -4.11. The lowest BCUT2D eigenvalue weighted by Gasteiger charge is -2.37. The Balaban J connectivity index is 1.81. The maximum absolute atomic E-state index is 14.9. The van der Waals surface area contributed by atoms with E-state index in [0.29, 0.717) is 58.9 Å². The topological polar surface area (TPSA) is 110 Å². The van der Waals surface area contributed by atoms with Crippen molar-refractivity contribution in [3.63, 3.8) is 0 Å². The van der Waals surface area contributed by atoms with Gasteiger partial charge in [0.15, 0.2) is 11.6 Å². The van der Waals surface area contributed by atoms with Gasteiger partial charge in [0.05, 0.1) is 34.3 Å². The van der Waals surface area contributed by atoms with E-state index in [-0.39, 0.29) is 11.6 Å². The van der Waals surface area contributed by atoms with Crippen molar-refractivity contribution in [2.45, 2.75) is 19.4 Å². The van der Waals surface area contributed by atoms with E-state index in [4.69, 9.17) is 5.73 Å². The number of anilines is 1.